The van der Waals surface area contributed by atoms with Crippen LogP contribution in [0.1, 0.15) is 31.4 Å². The third-order valence-electron chi connectivity index (χ3n) is 6.38. The van der Waals surface area contributed by atoms with Crippen molar-refractivity contribution in [2.75, 3.05) is 23.0 Å². The molecule has 2 amide bonds. The number of fused-ring (bicyclic) bond motifs is 1. The molecule has 0 bridgehead atoms. The van der Waals surface area contributed by atoms with Crippen molar-refractivity contribution in [2.45, 2.75) is 32.0 Å². The van der Waals surface area contributed by atoms with Crippen molar-refractivity contribution in [3.05, 3.63) is 107 Å². The molecule has 4 aromatic rings. The van der Waals surface area contributed by atoms with E-state index in [1.807, 2.05) is 43.3 Å². The van der Waals surface area contributed by atoms with Crippen LogP contribution in [0.2, 0.25) is 0 Å². The van der Waals surface area contributed by atoms with Gasteiger partial charge < -0.3 is 25.6 Å². The fourth-order valence-corrected chi connectivity index (χ4v) is 4.83. The molecule has 4 rings (SSSR count). The van der Waals surface area contributed by atoms with E-state index in [0.29, 0.717) is 46.5 Å². The van der Waals surface area contributed by atoms with E-state index in [9.17, 15) is 14.7 Å². The lowest BCUT2D eigenvalue weighted by atomic mass is 9.99. The molecule has 0 saturated carbocycles. The van der Waals surface area contributed by atoms with Gasteiger partial charge in [0.15, 0.2) is 6.10 Å². The number of allylic oxidation sites excluding steroid dienone is 1. The fraction of sp³-hybridized carbons (Fsp3) is 0.188. The molecule has 0 heterocycles. The van der Waals surface area contributed by atoms with Crippen LogP contribution in [0.25, 0.3) is 10.8 Å². The SMILES string of the molecule is CCO[C@@H](CC/C=C/C(=O)Nc1ccccc1N)[C@@H](OC(=O)Nc1cccc2ccccc12)c1cc(Br)ccc1O. The van der Waals surface area contributed by atoms with Crippen molar-refractivity contribution in [3.63, 3.8) is 0 Å². The average molecular weight is 619 g/mol. The number of anilines is 3. The van der Waals surface area contributed by atoms with Gasteiger partial charge in [-0.2, -0.15) is 0 Å². The highest BCUT2D eigenvalue weighted by Crippen LogP contribution is 2.35. The quantitative estimate of drug-likeness (QED) is 0.102. The number of phenols is 1. The summed E-state index contributed by atoms with van der Waals surface area (Å²) in [5, 5.41) is 18.1. The summed E-state index contributed by atoms with van der Waals surface area (Å²) in [5.41, 5.74) is 7.90. The summed E-state index contributed by atoms with van der Waals surface area (Å²) >= 11 is 3.44. The number of nitrogens with one attached hydrogen (secondary N) is 2. The molecule has 41 heavy (non-hydrogen) atoms. The van der Waals surface area contributed by atoms with E-state index in [1.165, 1.54) is 12.1 Å². The van der Waals surface area contributed by atoms with Crippen LogP contribution in [-0.4, -0.2) is 29.8 Å². The summed E-state index contributed by atoms with van der Waals surface area (Å²) < 4.78 is 12.7. The second kappa shape index (κ2) is 14.3. The van der Waals surface area contributed by atoms with E-state index in [2.05, 4.69) is 26.6 Å². The topological polar surface area (TPSA) is 123 Å². The molecule has 0 aliphatic carbocycles. The van der Waals surface area contributed by atoms with Crippen molar-refractivity contribution < 1.29 is 24.2 Å². The molecule has 8 nitrogen and oxygen atoms in total. The Morgan fingerprint density at radius 3 is 2.51 bits per heavy atom. The Kier molecular flexibility index (Phi) is 10.4. The summed E-state index contributed by atoms with van der Waals surface area (Å²) in [6, 6.07) is 25.3. The van der Waals surface area contributed by atoms with Crippen molar-refractivity contribution in [1.82, 2.24) is 0 Å². The van der Waals surface area contributed by atoms with E-state index in [-0.39, 0.29) is 11.7 Å². The molecule has 2 atom stereocenters. The highest BCUT2D eigenvalue weighted by atomic mass is 79.9. The van der Waals surface area contributed by atoms with Crippen LogP contribution in [0.15, 0.2) is 102 Å². The van der Waals surface area contributed by atoms with Gasteiger partial charge in [-0.1, -0.05) is 70.5 Å². The third kappa shape index (κ3) is 8.09. The van der Waals surface area contributed by atoms with Gasteiger partial charge >= 0.3 is 6.09 Å². The Hall–Kier alpha value is -4.34. The van der Waals surface area contributed by atoms with Gasteiger partial charge in [-0.3, -0.25) is 10.1 Å². The fourth-order valence-electron chi connectivity index (χ4n) is 4.45. The number of carbonyl (C=O) groups is 2. The van der Waals surface area contributed by atoms with Crippen LogP contribution in [-0.2, 0) is 14.3 Å². The molecule has 0 unspecified atom stereocenters. The molecular formula is C32H32BrN3O5. The number of carbonyl (C=O) groups excluding carboxylic acids is 2. The first-order valence-electron chi connectivity index (χ1n) is 13.2. The predicted octanol–water partition coefficient (Wildman–Crippen LogP) is 7.56. The number of nitrogens with two attached hydrogens (primary N) is 1. The van der Waals surface area contributed by atoms with Crippen LogP contribution >= 0.6 is 15.9 Å². The molecule has 5 N–H and O–H groups in total. The van der Waals surface area contributed by atoms with Crippen LogP contribution < -0.4 is 16.4 Å². The number of hydrogen-bond donors (Lipinski definition) is 4. The van der Waals surface area contributed by atoms with Gasteiger partial charge in [0.05, 0.1) is 23.2 Å². The molecule has 0 aromatic heterocycles. The van der Waals surface area contributed by atoms with Crippen molar-refractivity contribution >= 4 is 55.8 Å². The molecule has 0 spiro atoms. The normalized spacial score (nSPS) is 12.6. The molecular weight excluding hydrogens is 586 g/mol. The standard InChI is InChI=1S/C32H32BrN3O5/c1-2-40-29(16-7-8-17-30(38)35-27-14-6-5-13-25(27)34)31(24-20-22(33)18-19-28(24)37)41-32(39)36-26-15-9-11-21-10-3-4-12-23(21)26/h3-6,8-15,17-20,29,31,37H,2,7,16,34H2,1H3,(H,35,38)(H,36,39)/b17-8+/t29-,31-/m0/s1. The van der Waals surface area contributed by atoms with Gasteiger partial charge in [-0.25, -0.2) is 4.79 Å². The maximum atomic E-state index is 13.2. The predicted molar refractivity (Wildman–Crippen MR) is 166 cm³/mol. The van der Waals surface area contributed by atoms with E-state index in [0.717, 1.165) is 10.8 Å². The number of amides is 2. The first-order chi connectivity index (χ1) is 19.9. The molecule has 4 aromatic carbocycles. The Balaban J connectivity index is 1.50. The minimum absolute atomic E-state index is 0.0313. The van der Waals surface area contributed by atoms with E-state index in [4.69, 9.17) is 15.2 Å². The lowest BCUT2D eigenvalue weighted by molar-refractivity contribution is -0.111. The van der Waals surface area contributed by atoms with Gasteiger partial charge in [0.2, 0.25) is 5.91 Å². The third-order valence-corrected chi connectivity index (χ3v) is 6.87. The van der Waals surface area contributed by atoms with Gasteiger partial charge in [-0.15, -0.1) is 0 Å². The molecule has 0 saturated heterocycles. The second-order valence-electron chi connectivity index (χ2n) is 9.23. The van der Waals surface area contributed by atoms with Crippen LogP contribution in [0.4, 0.5) is 21.9 Å². The Morgan fingerprint density at radius 2 is 1.71 bits per heavy atom. The van der Waals surface area contributed by atoms with Crippen LogP contribution in [0.5, 0.6) is 5.75 Å². The number of aromatic hydroxyl groups is 1. The van der Waals surface area contributed by atoms with Gasteiger partial charge in [-0.05, 0) is 67.6 Å². The Morgan fingerprint density at radius 1 is 0.976 bits per heavy atom. The highest BCUT2D eigenvalue weighted by molar-refractivity contribution is 9.10. The number of para-hydroxylation sites is 2. The van der Waals surface area contributed by atoms with Crippen molar-refractivity contribution in [2.24, 2.45) is 0 Å². The number of halogens is 1. The maximum Gasteiger partial charge on any atom is 0.412 e. The Bertz CT molecular complexity index is 1540. The largest absolute Gasteiger partial charge is 0.508 e. The van der Waals surface area contributed by atoms with Crippen LogP contribution in [0.3, 0.4) is 0 Å². The molecule has 0 aliphatic heterocycles. The zero-order valence-electron chi connectivity index (χ0n) is 22.5. The van der Waals surface area contributed by atoms with E-state index < -0.39 is 18.3 Å². The summed E-state index contributed by atoms with van der Waals surface area (Å²) in [6.07, 6.45) is 1.75. The average Bonchev–Trinajstić information content (AvgIpc) is 2.96. The zero-order chi connectivity index (χ0) is 29.2. The molecule has 0 fully saturated rings. The number of phenolic OH excluding ortho intramolecular Hbond substituents is 1. The van der Waals surface area contributed by atoms with Crippen molar-refractivity contribution in [1.29, 1.82) is 0 Å². The van der Waals surface area contributed by atoms with Crippen LogP contribution in [0, 0.1) is 0 Å². The number of benzene rings is 4. The second-order valence-corrected chi connectivity index (χ2v) is 10.1. The number of hydrogen-bond acceptors (Lipinski definition) is 6. The summed E-state index contributed by atoms with van der Waals surface area (Å²) in [6.45, 7) is 2.19. The monoisotopic (exact) mass is 617 g/mol. The number of ether oxygens (including phenoxy) is 2. The van der Waals surface area contributed by atoms with Gasteiger partial charge in [0.1, 0.15) is 5.75 Å². The Labute approximate surface area is 247 Å². The first kappa shape index (κ1) is 29.6. The van der Waals surface area contributed by atoms with Gasteiger partial charge in [0.25, 0.3) is 0 Å². The maximum absolute atomic E-state index is 13.2. The van der Waals surface area contributed by atoms with E-state index in [1.54, 1.807) is 48.5 Å². The highest BCUT2D eigenvalue weighted by Gasteiger charge is 2.30. The summed E-state index contributed by atoms with van der Waals surface area (Å²) in [4.78, 5) is 25.6. The smallest absolute Gasteiger partial charge is 0.412 e. The first-order valence-corrected chi connectivity index (χ1v) is 14.0. The number of nitrogen functional groups attached to an aromatic ring is 1. The summed E-state index contributed by atoms with van der Waals surface area (Å²) in [7, 11) is 0. The molecule has 212 valence electrons. The van der Waals surface area contributed by atoms with Crippen molar-refractivity contribution in [3.8, 4) is 5.75 Å². The minimum atomic E-state index is -0.936. The minimum Gasteiger partial charge on any atom is -0.508 e. The lowest BCUT2D eigenvalue weighted by Crippen LogP contribution is -2.29. The number of rotatable bonds is 11. The summed E-state index contributed by atoms with van der Waals surface area (Å²) in [5.74, 6) is -0.348. The molecule has 0 aliphatic rings. The lowest BCUT2D eigenvalue weighted by Gasteiger charge is -2.28. The zero-order valence-corrected chi connectivity index (χ0v) is 24.1. The molecule has 0 radical (unpaired) electrons. The molecule has 9 heteroatoms. The van der Waals surface area contributed by atoms with E-state index >= 15 is 0 Å². The van der Waals surface area contributed by atoms with Gasteiger partial charge in [0, 0.05) is 22.0 Å².